The summed E-state index contributed by atoms with van der Waals surface area (Å²) in [6.45, 7) is 2.14. The number of hydrogen-bond acceptors (Lipinski definition) is 1. The smallest absolute Gasteiger partial charge is 0.142 e. The Morgan fingerprint density at radius 2 is 1.37 bits per heavy atom. The van der Waals surface area contributed by atoms with E-state index in [1.807, 2.05) is 0 Å². The van der Waals surface area contributed by atoms with E-state index in [0.717, 1.165) is 17.8 Å². The zero-order valence-electron chi connectivity index (χ0n) is 21.2. The summed E-state index contributed by atoms with van der Waals surface area (Å²) in [6, 6.07) is 35.9. The fourth-order valence-corrected chi connectivity index (χ4v) is 6.31. The van der Waals surface area contributed by atoms with Crippen molar-refractivity contribution in [2.45, 2.75) is 19.4 Å². The standard InChI is InChI=1S/C36H26N2/c1-23-11-13-24(14-12-23)28-19-15-25-17-21-30-31(22-18-26-16-20-29(28)34(25)35(26)30)36-37-32-9-5-6-10-33(32)38(36)27-7-3-2-4-8-27/h2-7,9-22,27H,8H2,1H3. The average molecular weight is 487 g/mol. The van der Waals surface area contributed by atoms with E-state index in [1.165, 1.54) is 60.1 Å². The summed E-state index contributed by atoms with van der Waals surface area (Å²) in [4.78, 5) is 5.22. The molecule has 1 aliphatic carbocycles. The summed E-state index contributed by atoms with van der Waals surface area (Å²) in [5.74, 6) is 1.04. The zero-order chi connectivity index (χ0) is 25.2. The lowest BCUT2D eigenvalue weighted by molar-refractivity contribution is 0.631. The highest BCUT2D eigenvalue weighted by atomic mass is 15.1. The van der Waals surface area contributed by atoms with Gasteiger partial charge in [-0.15, -0.1) is 0 Å². The van der Waals surface area contributed by atoms with Gasteiger partial charge in [0, 0.05) is 5.56 Å². The van der Waals surface area contributed by atoms with E-state index in [4.69, 9.17) is 4.98 Å². The molecule has 0 aliphatic heterocycles. The summed E-state index contributed by atoms with van der Waals surface area (Å²) in [6.07, 6.45) is 9.80. The number of nitrogens with zero attached hydrogens (tertiary/aromatic N) is 2. The van der Waals surface area contributed by atoms with E-state index in [1.54, 1.807) is 0 Å². The number of benzene rings is 6. The molecule has 1 heterocycles. The van der Waals surface area contributed by atoms with Crippen molar-refractivity contribution in [1.82, 2.24) is 9.55 Å². The van der Waals surface area contributed by atoms with Gasteiger partial charge in [0.25, 0.3) is 0 Å². The minimum atomic E-state index is 0.245. The molecule has 0 N–H and O–H groups in total. The Balaban J connectivity index is 1.44. The first-order chi connectivity index (χ1) is 18.8. The van der Waals surface area contributed by atoms with Crippen LogP contribution in [0.5, 0.6) is 0 Å². The molecule has 0 spiro atoms. The molecular formula is C36H26N2. The monoisotopic (exact) mass is 486 g/mol. The molecule has 7 aromatic rings. The van der Waals surface area contributed by atoms with Crippen LogP contribution in [0.2, 0.25) is 0 Å². The molecule has 0 fully saturated rings. The summed E-state index contributed by atoms with van der Waals surface area (Å²) >= 11 is 0. The number of imidazole rings is 1. The largest absolute Gasteiger partial charge is 0.317 e. The number of hydrogen-bond donors (Lipinski definition) is 0. The molecule has 1 unspecified atom stereocenters. The maximum Gasteiger partial charge on any atom is 0.142 e. The number of aryl methyl sites for hydroxylation is 1. The van der Waals surface area contributed by atoms with Crippen molar-refractivity contribution in [1.29, 1.82) is 0 Å². The van der Waals surface area contributed by atoms with E-state index < -0.39 is 0 Å². The van der Waals surface area contributed by atoms with Gasteiger partial charge in [-0.1, -0.05) is 115 Å². The molecule has 0 amide bonds. The quantitative estimate of drug-likeness (QED) is 0.227. The Bertz CT molecular complexity index is 2050. The van der Waals surface area contributed by atoms with Crippen LogP contribution in [0, 0.1) is 6.92 Å². The number of para-hydroxylation sites is 2. The molecule has 1 aliphatic rings. The molecule has 8 rings (SSSR count). The van der Waals surface area contributed by atoms with Gasteiger partial charge >= 0.3 is 0 Å². The van der Waals surface area contributed by atoms with E-state index in [0.29, 0.717) is 0 Å². The number of fused-ring (bicyclic) bond motifs is 1. The van der Waals surface area contributed by atoms with Crippen LogP contribution in [-0.4, -0.2) is 9.55 Å². The maximum absolute atomic E-state index is 5.22. The van der Waals surface area contributed by atoms with Gasteiger partial charge in [-0.05, 0) is 68.9 Å². The Morgan fingerprint density at radius 3 is 2.11 bits per heavy atom. The van der Waals surface area contributed by atoms with Crippen LogP contribution < -0.4 is 0 Å². The molecular weight excluding hydrogens is 460 g/mol. The third-order valence-electron chi connectivity index (χ3n) is 8.15. The second kappa shape index (κ2) is 8.16. The maximum atomic E-state index is 5.22. The first kappa shape index (κ1) is 21.4. The lowest BCUT2D eigenvalue weighted by atomic mass is 9.88. The number of allylic oxidation sites excluding steroid dienone is 4. The highest BCUT2D eigenvalue weighted by Crippen LogP contribution is 2.43. The lowest BCUT2D eigenvalue weighted by Gasteiger charge is -2.21. The van der Waals surface area contributed by atoms with Crippen molar-refractivity contribution in [3.05, 3.63) is 127 Å². The molecule has 0 radical (unpaired) electrons. The molecule has 180 valence electrons. The van der Waals surface area contributed by atoms with Crippen molar-refractivity contribution in [2.24, 2.45) is 0 Å². The van der Waals surface area contributed by atoms with Gasteiger partial charge in [-0.3, -0.25) is 0 Å². The normalized spacial score (nSPS) is 15.4. The van der Waals surface area contributed by atoms with Gasteiger partial charge in [0.15, 0.2) is 0 Å². The summed E-state index contributed by atoms with van der Waals surface area (Å²) in [5, 5.41) is 7.77. The van der Waals surface area contributed by atoms with Gasteiger partial charge in [0.1, 0.15) is 5.82 Å². The third kappa shape index (κ3) is 3.10. The first-order valence-corrected chi connectivity index (χ1v) is 13.3. The van der Waals surface area contributed by atoms with Gasteiger partial charge in [0.05, 0.1) is 17.1 Å². The molecule has 2 nitrogen and oxygen atoms in total. The van der Waals surface area contributed by atoms with Crippen molar-refractivity contribution >= 4 is 43.4 Å². The minimum absolute atomic E-state index is 0.245. The SMILES string of the molecule is Cc1ccc(-c2ccc3ccc4c(-c5nc6ccccc6n5C5C=CC=CC5)ccc5ccc2c3c54)cc1. The van der Waals surface area contributed by atoms with Crippen molar-refractivity contribution in [2.75, 3.05) is 0 Å². The Morgan fingerprint density at radius 1 is 0.684 bits per heavy atom. The summed E-state index contributed by atoms with van der Waals surface area (Å²) < 4.78 is 2.43. The average Bonchev–Trinajstić information content (AvgIpc) is 3.36. The van der Waals surface area contributed by atoms with E-state index >= 15 is 0 Å². The van der Waals surface area contributed by atoms with Gasteiger partial charge in [0.2, 0.25) is 0 Å². The van der Waals surface area contributed by atoms with Crippen LogP contribution in [0.1, 0.15) is 18.0 Å². The fourth-order valence-electron chi connectivity index (χ4n) is 6.31. The molecule has 6 aromatic carbocycles. The highest BCUT2D eigenvalue weighted by Gasteiger charge is 2.22. The Kier molecular flexibility index (Phi) is 4.59. The van der Waals surface area contributed by atoms with Crippen molar-refractivity contribution in [3.8, 4) is 22.5 Å². The molecule has 0 saturated carbocycles. The molecule has 1 atom stereocenters. The minimum Gasteiger partial charge on any atom is -0.317 e. The third-order valence-corrected chi connectivity index (χ3v) is 8.15. The fraction of sp³-hybridized carbons (Fsp3) is 0.0833. The van der Waals surface area contributed by atoms with Crippen LogP contribution >= 0.6 is 0 Å². The van der Waals surface area contributed by atoms with Gasteiger partial charge in [-0.2, -0.15) is 0 Å². The summed E-state index contributed by atoms with van der Waals surface area (Å²) in [5.41, 5.74) is 7.23. The molecule has 1 aromatic heterocycles. The van der Waals surface area contributed by atoms with Crippen LogP contribution in [-0.2, 0) is 0 Å². The number of rotatable bonds is 3. The van der Waals surface area contributed by atoms with Crippen LogP contribution in [0.25, 0.3) is 65.9 Å². The highest BCUT2D eigenvalue weighted by molar-refractivity contribution is 6.27. The molecule has 2 heteroatoms. The first-order valence-electron chi connectivity index (χ1n) is 13.3. The predicted molar refractivity (Wildman–Crippen MR) is 161 cm³/mol. The topological polar surface area (TPSA) is 17.8 Å². The Hall–Kier alpha value is -4.69. The van der Waals surface area contributed by atoms with E-state index in [-0.39, 0.29) is 6.04 Å². The van der Waals surface area contributed by atoms with E-state index in [9.17, 15) is 0 Å². The second-order valence-electron chi connectivity index (χ2n) is 10.4. The molecule has 0 bridgehead atoms. The second-order valence-corrected chi connectivity index (χ2v) is 10.4. The Labute approximate surface area is 221 Å². The van der Waals surface area contributed by atoms with Crippen molar-refractivity contribution in [3.63, 3.8) is 0 Å². The van der Waals surface area contributed by atoms with E-state index in [2.05, 4.69) is 133 Å². The van der Waals surface area contributed by atoms with Gasteiger partial charge < -0.3 is 4.57 Å². The summed E-state index contributed by atoms with van der Waals surface area (Å²) in [7, 11) is 0. The lowest BCUT2D eigenvalue weighted by Crippen LogP contribution is -2.09. The number of aromatic nitrogens is 2. The zero-order valence-corrected chi connectivity index (χ0v) is 21.2. The van der Waals surface area contributed by atoms with Crippen LogP contribution in [0.15, 0.2) is 121 Å². The molecule has 0 saturated heterocycles. The van der Waals surface area contributed by atoms with Gasteiger partial charge in [-0.25, -0.2) is 4.98 Å². The van der Waals surface area contributed by atoms with Crippen LogP contribution in [0.4, 0.5) is 0 Å². The van der Waals surface area contributed by atoms with Crippen LogP contribution in [0.3, 0.4) is 0 Å². The van der Waals surface area contributed by atoms with Crippen molar-refractivity contribution < 1.29 is 0 Å². The predicted octanol–water partition coefficient (Wildman–Crippen LogP) is 9.63. The molecule has 38 heavy (non-hydrogen) atoms.